The first kappa shape index (κ1) is 12.4. The van der Waals surface area contributed by atoms with Crippen molar-refractivity contribution in [3.05, 3.63) is 33.9 Å². The van der Waals surface area contributed by atoms with Crippen molar-refractivity contribution in [1.29, 1.82) is 0 Å². The van der Waals surface area contributed by atoms with Crippen LogP contribution in [0.25, 0.3) is 0 Å². The Kier molecular flexibility index (Phi) is 2.93. The molecule has 19 heavy (non-hydrogen) atoms. The molecule has 5 nitrogen and oxygen atoms in total. The number of benzene rings is 1. The van der Waals surface area contributed by atoms with Gasteiger partial charge in [0.05, 0.1) is 4.92 Å². The molecule has 1 aromatic rings. The number of aryl methyl sites for hydroxylation is 1. The molecule has 3 atom stereocenters. The molecule has 2 aliphatic rings. The molecule has 1 aliphatic heterocycles. The van der Waals surface area contributed by atoms with E-state index in [0.717, 1.165) is 37.2 Å². The van der Waals surface area contributed by atoms with E-state index in [4.69, 9.17) is 5.73 Å². The average molecular weight is 261 g/mol. The molecule has 2 N–H and O–H groups in total. The summed E-state index contributed by atoms with van der Waals surface area (Å²) in [5.41, 5.74) is 7.86. The Labute approximate surface area is 112 Å². The third-order valence-electron chi connectivity index (χ3n) is 4.65. The number of fused-ring (bicyclic) bond motifs is 1. The predicted molar refractivity (Wildman–Crippen MR) is 74.2 cm³/mol. The number of rotatable bonds is 2. The second-order valence-corrected chi connectivity index (χ2v) is 5.77. The predicted octanol–water partition coefficient (Wildman–Crippen LogP) is 2.08. The van der Waals surface area contributed by atoms with Crippen LogP contribution in [0.4, 0.5) is 11.4 Å². The topological polar surface area (TPSA) is 72.4 Å². The Bertz CT molecular complexity index is 517. The van der Waals surface area contributed by atoms with Gasteiger partial charge in [-0.2, -0.15) is 0 Å². The fraction of sp³-hybridized carbons (Fsp3) is 0.571. The number of nitro benzene ring substituents is 1. The van der Waals surface area contributed by atoms with Crippen molar-refractivity contribution in [3.63, 3.8) is 0 Å². The van der Waals surface area contributed by atoms with E-state index in [1.807, 2.05) is 12.1 Å². The van der Waals surface area contributed by atoms with Gasteiger partial charge in [0.15, 0.2) is 0 Å². The number of nitrogens with zero attached hydrogens (tertiary/aromatic N) is 2. The molecule has 0 amide bonds. The summed E-state index contributed by atoms with van der Waals surface area (Å²) >= 11 is 0. The van der Waals surface area contributed by atoms with Crippen LogP contribution in [-0.4, -0.2) is 24.1 Å². The van der Waals surface area contributed by atoms with Crippen LogP contribution in [0.5, 0.6) is 0 Å². The molecule has 1 heterocycles. The maximum atomic E-state index is 11.3. The second-order valence-electron chi connectivity index (χ2n) is 5.77. The second kappa shape index (κ2) is 4.49. The molecule has 102 valence electrons. The maximum Gasteiger partial charge on any atom is 0.295 e. The van der Waals surface area contributed by atoms with E-state index in [1.165, 1.54) is 0 Å². The van der Waals surface area contributed by atoms with Crippen LogP contribution < -0.4 is 10.6 Å². The average Bonchev–Trinajstić information content (AvgIpc) is 2.91. The van der Waals surface area contributed by atoms with E-state index >= 15 is 0 Å². The number of hydrogen-bond donors (Lipinski definition) is 1. The normalized spacial score (nSPS) is 29.6. The van der Waals surface area contributed by atoms with E-state index in [2.05, 4.69) is 4.90 Å². The molecule has 1 saturated heterocycles. The maximum absolute atomic E-state index is 11.3. The Morgan fingerprint density at radius 1 is 1.37 bits per heavy atom. The minimum absolute atomic E-state index is 0.246. The molecule has 5 heteroatoms. The van der Waals surface area contributed by atoms with Crippen LogP contribution in [0.2, 0.25) is 0 Å². The Balaban J connectivity index is 1.92. The lowest BCUT2D eigenvalue weighted by Crippen LogP contribution is -2.30. The van der Waals surface area contributed by atoms with Gasteiger partial charge in [-0.05, 0) is 37.7 Å². The summed E-state index contributed by atoms with van der Waals surface area (Å²) in [6.45, 7) is 3.56. The first-order chi connectivity index (χ1) is 9.08. The molecule has 3 unspecified atom stereocenters. The van der Waals surface area contributed by atoms with Gasteiger partial charge in [0.25, 0.3) is 5.69 Å². The van der Waals surface area contributed by atoms with Crippen molar-refractivity contribution in [1.82, 2.24) is 0 Å². The lowest BCUT2D eigenvalue weighted by Gasteiger charge is -2.21. The van der Waals surface area contributed by atoms with E-state index in [-0.39, 0.29) is 16.7 Å². The summed E-state index contributed by atoms with van der Waals surface area (Å²) in [6, 6.07) is 5.81. The van der Waals surface area contributed by atoms with Crippen molar-refractivity contribution in [3.8, 4) is 0 Å². The highest BCUT2D eigenvalue weighted by atomic mass is 16.6. The summed E-state index contributed by atoms with van der Waals surface area (Å²) in [4.78, 5) is 13.2. The van der Waals surface area contributed by atoms with E-state index in [9.17, 15) is 10.1 Å². The summed E-state index contributed by atoms with van der Waals surface area (Å²) in [6.07, 6.45) is 2.25. The lowest BCUT2D eigenvalue weighted by atomic mass is 9.98. The third kappa shape index (κ3) is 1.98. The minimum atomic E-state index is -0.265. The van der Waals surface area contributed by atoms with Gasteiger partial charge in [0.2, 0.25) is 0 Å². The molecule has 1 saturated carbocycles. The number of nitro groups is 1. The van der Waals surface area contributed by atoms with E-state index in [1.54, 1.807) is 13.0 Å². The summed E-state index contributed by atoms with van der Waals surface area (Å²) in [7, 11) is 0. The monoisotopic (exact) mass is 261 g/mol. The van der Waals surface area contributed by atoms with Crippen molar-refractivity contribution in [2.75, 3.05) is 18.0 Å². The largest absolute Gasteiger partial charge is 0.365 e. The van der Waals surface area contributed by atoms with Crippen molar-refractivity contribution >= 4 is 11.4 Å². The van der Waals surface area contributed by atoms with Gasteiger partial charge in [-0.25, -0.2) is 0 Å². The van der Waals surface area contributed by atoms with E-state index < -0.39 is 0 Å². The van der Waals surface area contributed by atoms with Crippen LogP contribution in [-0.2, 0) is 0 Å². The SMILES string of the molecule is Cc1cccc(N2CC3CCC(N)C3C2)c1[N+](=O)[O-]. The van der Waals surface area contributed by atoms with Crippen molar-refractivity contribution < 1.29 is 4.92 Å². The number of para-hydroxylation sites is 1. The first-order valence-corrected chi connectivity index (χ1v) is 6.82. The van der Waals surface area contributed by atoms with Gasteiger partial charge in [-0.15, -0.1) is 0 Å². The number of anilines is 1. The Hall–Kier alpha value is -1.62. The number of hydrogen-bond acceptors (Lipinski definition) is 4. The molecular weight excluding hydrogens is 242 g/mol. The molecule has 0 spiro atoms. The molecule has 0 aromatic heterocycles. The third-order valence-corrected chi connectivity index (χ3v) is 4.65. The first-order valence-electron chi connectivity index (χ1n) is 6.82. The smallest absolute Gasteiger partial charge is 0.295 e. The minimum Gasteiger partial charge on any atom is -0.365 e. The summed E-state index contributed by atoms with van der Waals surface area (Å²) in [5, 5.41) is 11.3. The van der Waals surface area contributed by atoms with Gasteiger partial charge in [-0.3, -0.25) is 10.1 Å². The van der Waals surface area contributed by atoms with Crippen molar-refractivity contribution in [2.45, 2.75) is 25.8 Å². The fourth-order valence-electron chi connectivity index (χ4n) is 3.64. The molecule has 1 aliphatic carbocycles. The van der Waals surface area contributed by atoms with E-state index in [0.29, 0.717) is 11.8 Å². The lowest BCUT2D eigenvalue weighted by molar-refractivity contribution is -0.384. The molecular formula is C14H19N3O2. The van der Waals surface area contributed by atoms with Crippen LogP contribution in [0.1, 0.15) is 18.4 Å². The zero-order valence-electron chi connectivity index (χ0n) is 11.1. The Morgan fingerprint density at radius 3 is 2.84 bits per heavy atom. The zero-order chi connectivity index (χ0) is 13.6. The van der Waals surface area contributed by atoms with Gasteiger partial charge in [-0.1, -0.05) is 12.1 Å². The molecule has 3 rings (SSSR count). The van der Waals surface area contributed by atoms with Crippen LogP contribution in [0, 0.1) is 28.9 Å². The highest BCUT2D eigenvalue weighted by Crippen LogP contribution is 2.42. The van der Waals surface area contributed by atoms with Gasteiger partial charge in [0, 0.05) is 24.7 Å². The standard InChI is InChI=1S/C14H19N3O2/c1-9-3-2-4-13(14(9)17(18)19)16-7-10-5-6-12(15)11(10)8-16/h2-4,10-12H,5-8,15H2,1H3. The van der Waals surface area contributed by atoms with Crippen molar-refractivity contribution in [2.24, 2.45) is 17.6 Å². The van der Waals surface area contributed by atoms with Crippen LogP contribution in [0.3, 0.4) is 0 Å². The summed E-state index contributed by atoms with van der Waals surface area (Å²) in [5.74, 6) is 1.11. The molecule has 0 bridgehead atoms. The number of nitrogens with two attached hydrogens (primary N) is 1. The molecule has 0 radical (unpaired) electrons. The highest BCUT2D eigenvalue weighted by Gasteiger charge is 2.42. The fourth-order valence-corrected chi connectivity index (χ4v) is 3.64. The zero-order valence-corrected chi connectivity index (χ0v) is 11.1. The van der Waals surface area contributed by atoms with Gasteiger partial charge >= 0.3 is 0 Å². The highest BCUT2D eigenvalue weighted by molar-refractivity contribution is 5.67. The molecule has 2 fully saturated rings. The van der Waals surface area contributed by atoms with Crippen LogP contribution in [0.15, 0.2) is 18.2 Å². The van der Waals surface area contributed by atoms with Gasteiger partial charge in [0.1, 0.15) is 5.69 Å². The molecule has 1 aromatic carbocycles. The summed E-state index contributed by atoms with van der Waals surface area (Å²) < 4.78 is 0. The quantitative estimate of drug-likeness (QED) is 0.653. The Morgan fingerprint density at radius 2 is 2.16 bits per heavy atom. The van der Waals surface area contributed by atoms with Gasteiger partial charge < -0.3 is 10.6 Å². The van der Waals surface area contributed by atoms with Crippen LogP contribution >= 0.6 is 0 Å².